The topological polar surface area (TPSA) is 49.9 Å². The lowest BCUT2D eigenvalue weighted by molar-refractivity contribution is 0.0981. The van der Waals surface area contributed by atoms with Gasteiger partial charge in [0.1, 0.15) is 0 Å². The van der Waals surface area contributed by atoms with Crippen LogP contribution in [0.15, 0.2) is 34.8 Å². The lowest BCUT2D eigenvalue weighted by Crippen LogP contribution is -2.53. The van der Waals surface area contributed by atoms with Crippen molar-refractivity contribution >= 4 is 50.9 Å². The third-order valence-corrected chi connectivity index (χ3v) is 6.46. The Kier molecular flexibility index (Phi) is 6.54. The largest absolute Gasteiger partial charge is 0.449 e. The van der Waals surface area contributed by atoms with Crippen molar-refractivity contribution in [2.24, 2.45) is 0 Å². The Bertz CT molecular complexity index is 963. The van der Waals surface area contributed by atoms with E-state index in [1.807, 2.05) is 32.9 Å². The average molecular weight is 480 g/mol. The molecule has 1 aliphatic rings. The Hall–Kier alpha value is -2.05. The van der Waals surface area contributed by atoms with Gasteiger partial charge in [-0.25, -0.2) is 4.79 Å². The van der Waals surface area contributed by atoms with Gasteiger partial charge in [0.15, 0.2) is 0 Å². The number of amides is 2. The van der Waals surface area contributed by atoms with Gasteiger partial charge in [0.25, 0.3) is 5.91 Å². The van der Waals surface area contributed by atoms with Gasteiger partial charge in [-0.15, -0.1) is 0 Å². The normalized spacial score (nSPS) is 15.9. The first-order valence-corrected chi connectivity index (χ1v) is 10.8. The fourth-order valence-electron chi connectivity index (χ4n) is 3.51. The Morgan fingerprint density at radius 1 is 1.14 bits per heavy atom. The standard InChI is InChI=1S/C22H24BrClN2O3/c1-5-16-12-25(21(27)15-7-8-18(24)17(23)11-15)19-9-13(3)14(4)10-20(19)26(16)22(28)29-6-2/h7-11,16H,5-6,12H2,1-4H3. The van der Waals surface area contributed by atoms with Gasteiger partial charge in [0.05, 0.1) is 29.0 Å². The van der Waals surface area contributed by atoms with E-state index in [0.717, 1.165) is 11.1 Å². The van der Waals surface area contributed by atoms with Crippen molar-refractivity contribution in [2.75, 3.05) is 23.0 Å². The molecule has 1 heterocycles. The van der Waals surface area contributed by atoms with Crippen LogP contribution in [0, 0.1) is 13.8 Å². The van der Waals surface area contributed by atoms with E-state index in [9.17, 15) is 9.59 Å². The van der Waals surface area contributed by atoms with E-state index in [4.69, 9.17) is 16.3 Å². The zero-order valence-electron chi connectivity index (χ0n) is 17.0. The van der Waals surface area contributed by atoms with Gasteiger partial charge in [-0.2, -0.15) is 0 Å². The second-order valence-corrected chi connectivity index (χ2v) is 8.36. The maximum Gasteiger partial charge on any atom is 0.414 e. The van der Waals surface area contributed by atoms with Gasteiger partial charge in [0, 0.05) is 16.6 Å². The van der Waals surface area contributed by atoms with Gasteiger partial charge in [0.2, 0.25) is 0 Å². The van der Waals surface area contributed by atoms with Crippen LogP contribution < -0.4 is 9.80 Å². The molecule has 0 spiro atoms. The Morgan fingerprint density at radius 2 is 1.79 bits per heavy atom. The van der Waals surface area contributed by atoms with E-state index in [1.165, 1.54) is 0 Å². The number of carbonyl (C=O) groups is 2. The average Bonchev–Trinajstić information content (AvgIpc) is 2.69. The van der Waals surface area contributed by atoms with E-state index in [2.05, 4.69) is 15.9 Å². The molecule has 3 rings (SSSR count). The van der Waals surface area contributed by atoms with Crippen molar-refractivity contribution in [2.45, 2.75) is 40.2 Å². The molecule has 0 bridgehead atoms. The summed E-state index contributed by atoms with van der Waals surface area (Å²) in [5, 5.41) is 0.548. The van der Waals surface area contributed by atoms with Crippen LogP contribution in [0.3, 0.4) is 0 Å². The lowest BCUT2D eigenvalue weighted by Gasteiger charge is -2.42. The number of benzene rings is 2. The number of halogens is 2. The molecule has 2 aromatic rings. The minimum absolute atomic E-state index is 0.131. The summed E-state index contributed by atoms with van der Waals surface area (Å²) in [6.07, 6.45) is 0.310. The van der Waals surface area contributed by atoms with Crippen LogP contribution in [0.1, 0.15) is 41.8 Å². The molecule has 1 aliphatic heterocycles. The SMILES string of the molecule is CCOC(=O)N1c2cc(C)c(C)cc2N(C(=O)c2ccc(Cl)c(Br)c2)CC1CC. The number of rotatable bonds is 3. The molecular formula is C22H24BrClN2O3. The molecule has 0 aromatic heterocycles. The van der Waals surface area contributed by atoms with Crippen molar-refractivity contribution < 1.29 is 14.3 Å². The summed E-state index contributed by atoms with van der Waals surface area (Å²) in [6.45, 7) is 8.48. The van der Waals surface area contributed by atoms with Crippen LogP contribution in [0.5, 0.6) is 0 Å². The van der Waals surface area contributed by atoms with Crippen LogP contribution in [-0.2, 0) is 4.74 Å². The van der Waals surface area contributed by atoms with E-state index in [0.29, 0.717) is 46.0 Å². The fourth-order valence-corrected chi connectivity index (χ4v) is 4.01. The van der Waals surface area contributed by atoms with Crippen LogP contribution in [-0.4, -0.2) is 31.2 Å². The van der Waals surface area contributed by atoms with Crippen LogP contribution >= 0.6 is 27.5 Å². The molecule has 0 aliphatic carbocycles. The number of hydrogen-bond donors (Lipinski definition) is 0. The van der Waals surface area contributed by atoms with Crippen LogP contribution in [0.25, 0.3) is 0 Å². The molecule has 2 aromatic carbocycles. The molecule has 29 heavy (non-hydrogen) atoms. The van der Waals surface area contributed by atoms with Crippen molar-refractivity contribution in [3.8, 4) is 0 Å². The number of aryl methyl sites for hydroxylation is 2. The smallest absolute Gasteiger partial charge is 0.414 e. The molecule has 5 nitrogen and oxygen atoms in total. The third kappa shape index (κ3) is 4.14. The zero-order valence-corrected chi connectivity index (χ0v) is 19.3. The Balaban J connectivity index is 2.12. The number of nitrogens with zero attached hydrogens (tertiary/aromatic N) is 2. The molecule has 0 radical (unpaired) electrons. The van der Waals surface area contributed by atoms with Crippen molar-refractivity contribution in [3.05, 3.63) is 56.5 Å². The number of carbonyl (C=O) groups excluding carboxylic acids is 2. The number of hydrogen-bond acceptors (Lipinski definition) is 3. The van der Waals surface area contributed by atoms with Gasteiger partial charge in [-0.05, 0) is 84.6 Å². The first-order valence-electron chi connectivity index (χ1n) is 9.62. The first kappa shape index (κ1) is 21.7. The summed E-state index contributed by atoms with van der Waals surface area (Å²) < 4.78 is 5.98. The highest BCUT2D eigenvalue weighted by Gasteiger charge is 2.37. The molecule has 1 unspecified atom stereocenters. The molecule has 0 N–H and O–H groups in total. The second-order valence-electron chi connectivity index (χ2n) is 7.10. The Morgan fingerprint density at radius 3 is 2.38 bits per heavy atom. The van der Waals surface area contributed by atoms with Gasteiger partial charge in [-0.1, -0.05) is 18.5 Å². The zero-order chi connectivity index (χ0) is 21.3. The summed E-state index contributed by atoms with van der Waals surface area (Å²) in [5.41, 5.74) is 4.05. The number of anilines is 2. The van der Waals surface area contributed by atoms with Crippen LogP contribution in [0.4, 0.5) is 16.2 Å². The predicted molar refractivity (Wildman–Crippen MR) is 120 cm³/mol. The van der Waals surface area contributed by atoms with Crippen molar-refractivity contribution in [1.82, 2.24) is 0 Å². The summed E-state index contributed by atoms with van der Waals surface area (Å²) >= 11 is 9.48. The molecule has 0 saturated carbocycles. The highest BCUT2D eigenvalue weighted by atomic mass is 79.9. The molecule has 1 atom stereocenters. The third-order valence-electron chi connectivity index (χ3n) is 5.25. The predicted octanol–water partition coefficient (Wildman–Crippen LogP) is 6.12. The fraction of sp³-hybridized carbons (Fsp3) is 0.364. The van der Waals surface area contributed by atoms with E-state index >= 15 is 0 Å². The van der Waals surface area contributed by atoms with E-state index in [-0.39, 0.29) is 18.0 Å². The summed E-state index contributed by atoms with van der Waals surface area (Å²) in [7, 11) is 0. The van der Waals surface area contributed by atoms with E-state index < -0.39 is 0 Å². The Labute approximate surface area is 184 Å². The monoisotopic (exact) mass is 478 g/mol. The molecule has 0 fully saturated rings. The maximum atomic E-state index is 13.4. The molecule has 7 heteroatoms. The lowest BCUT2D eigenvalue weighted by atomic mass is 9.99. The first-order chi connectivity index (χ1) is 13.8. The second kappa shape index (κ2) is 8.76. The minimum Gasteiger partial charge on any atom is -0.449 e. The number of fused-ring (bicyclic) bond motifs is 1. The van der Waals surface area contributed by atoms with Crippen molar-refractivity contribution in [1.29, 1.82) is 0 Å². The summed E-state index contributed by atoms with van der Waals surface area (Å²) in [4.78, 5) is 29.6. The maximum absolute atomic E-state index is 13.4. The molecular weight excluding hydrogens is 456 g/mol. The van der Waals surface area contributed by atoms with Crippen LogP contribution in [0.2, 0.25) is 5.02 Å². The molecule has 154 valence electrons. The van der Waals surface area contributed by atoms with Crippen molar-refractivity contribution in [3.63, 3.8) is 0 Å². The van der Waals surface area contributed by atoms with Gasteiger partial charge >= 0.3 is 6.09 Å². The number of ether oxygens (including phenoxy) is 1. The minimum atomic E-state index is -0.384. The highest BCUT2D eigenvalue weighted by Crippen LogP contribution is 2.40. The molecule has 0 saturated heterocycles. The molecule has 2 amide bonds. The van der Waals surface area contributed by atoms with Gasteiger partial charge < -0.3 is 9.64 Å². The summed E-state index contributed by atoms with van der Waals surface area (Å²) in [5.74, 6) is -0.131. The summed E-state index contributed by atoms with van der Waals surface area (Å²) in [6, 6.07) is 8.89. The van der Waals surface area contributed by atoms with Gasteiger partial charge in [-0.3, -0.25) is 9.69 Å². The quantitative estimate of drug-likeness (QED) is 0.533. The van der Waals surface area contributed by atoms with E-state index in [1.54, 1.807) is 34.9 Å². The highest BCUT2D eigenvalue weighted by molar-refractivity contribution is 9.10.